The first kappa shape index (κ1) is 20.6. The Bertz CT molecular complexity index is 622. The van der Waals surface area contributed by atoms with Crippen LogP contribution in [0.1, 0.15) is 40.0 Å². The van der Waals surface area contributed by atoms with Gasteiger partial charge >= 0.3 is 0 Å². The lowest BCUT2D eigenvalue weighted by molar-refractivity contribution is 0.154. The van der Waals surface area contributed by atoms with E-state index in [1.807, 2.05) is 0 Å². The van der Waals surface area contributed by atoms with Gasteiger partial charge in [-0.15, -0.1) is 6.58 Å². The molecule has 1 atom stereocenters. The Kier molecular flexibility index (Phi) is 7.39. The summed E-state index contributed by atoms with van der Waals surface area (Å²) in [7, 11) is -2.44. The molecule has 0 aromatic heterocycles. The second-order valence-electron chi connectivity index (χ2n) is 7.83. The smallest absolute Gasteiger partial charge is 0.261 e. The van der Waals surface area contributed by atoms with Gasteiger partial charge in [0.15, 0.2) is 0 Å². The Morgan fingerprint density at radius 2 is 1.50 bits per heavy atom. The molecule has 0 saturated heterocycles. The van der Waals surface area contributed by atoms with Crippen LogP contribution in [0.5, 0.6) is 0 Å². The third-order valence-electron chi connectivity index (χ3n) is 4.86. The standard InChI is InChI=1S/C23H32O2Si/c1-5-13-20(24)14-12-19-25-26(23(2,3)4,21-15-8-6-9-16-21)22-17-10-7-11-18-22/h5-11,15-18,20,24H,1,12-14,19H2,2-4H3. The molecule has 2 aromatic carbocycles. The SMILES string of the molecule is C=CCC(O)CCCO[Si](c1ccccc1)(c1ccccc1)C(C)(C)C. The van der Waals surface area contributed by atoms with E-state index in [2.05, 4.69) is 88.0 Å². The summed E-state index contributed by atoms with van der Waals surface area (Å²) >= 11 is 0. The van der Waals surface area contributed by atoms with Crippen molar-refractivity contribution in [3.8, 4) is 0 Å². The van der Waals surface area contributed by atoms with Crippen LogP contribution in [0, 0.1) is 0 Å². The van der Waals surface area contributed by atoms with Crippen LogP contribution in [0.4, 0.5) is 0 Å². The highest BCUT2D eigenvalue weighted by Crippen LogP contribution is 2.36. The number of benzene rings is 2. The molecule has 0 spiro atoms. The molecule has 0 amide bonds. The lowest BCUT2D eigenvalue weighted by atomic mass is 10.1. The second kappa shape index (κ2) is 9.31. The maximum absolute atomic E-state index is 9.96. The quantitative estimate of drug-likeness (QED) is 0.407. The normalized spacial score (nSPS) is 13.4. The monoisotopic (exact) mass is 368 g/mol. The first-order valence-corrected chi connectivity index (χ1v) is 11.4. The van der Waals surface area contributed by atoms with E-state index in [0.29, 0.717) is 13.0 Å². The Morgan fingerprint density at radius 1 is 1.00 bits per heavy atom. The predicted molar refractivity (Wildman–Crippen MR) is 114 cm³/mol. The molecule has 2 nitrogen and oxygen atoms in total. The molecule has 0 radical (unpaired) electrons. The molecule has 2 rings (SSSR count). The molecule has 0 heterocycles. The largest absolute Gasteiger partial charge is 0.407 e. The highest BCUT2D eigenvalue weighted by molar-refractivity contribution is 6.99. The minimum atomic E-state index is -2.44. The van der Waals surface area contributed by atoms with Gasteiger partial charge in [-0.3, -0.25) is 0 Å². The van der Waals surface area contributed by atoms with Crippen molar-refractivity contribution in [2.75, 3.05) is 6.61 Å². The third-order valence-corrected chi connectivity index (χ3v) is 9.90. The molecule has 0 aliphatic carbocycles. The van der Waals surface area contributed by atoms with Gasteiger partial charge in [-0.1, -0.05) is 87.5 Å². The molecule has 26 heavy (non-hydrogen) atoms. The van der Waals surface area contributed by atoms with Crippen LogP contribution in [0.3, 0.4) is 0 Å². The van der Waals surface area contributed by atoms with E-state index in [1.54, 1.807) is 6.08 Å². The molecule has 1 unspecified atom stereocenters. The fourth-order valence-corrected chi connectivity index (χ4v) is 8.22. The van der Waals surface area contributed by atoms with Crippen LogP contribution in [-0.2, 0) is 4.43 Å². The lowest BCUT2D eigenvalue weighted by Crippen LogP contribution is -2.66. The number of hydrogen-bond donors (Lipinski definition) is 1. The summed E-state index contributed by atoms with van der Waals surface area (Å²) in [5.74, 6) is 0. The Morgan fingerprint density at radius 3 is 1.92 bits per heavy atom. The van der Waals surface area contributed by atoms with Crippen LogP contribution in [0.2, 0.25) is 5.04 Å². The van der Waals surface area contributed by atoms with Crippen molar-refractivity contribution in [1.82, 2.24) is 0 Å². The number of aliphatic hydroxyl groups excluding tert-OH is 1. The minimum absolute atomic E-state index is 0.00452. The average molecular weight is 369 g/mol. The molecule has 1 N–H and O–H groups in total. The summed E-state index contributed by atoms with van der Waals surface area (Å²) in [6.45, 7) is 11.2. The number of rotatable bonds is 9. The van der Waals surface area contributed by atoms with Crippen LogP contribution in [0.15, 0.2) is 73.3 Å². The zero-order valence-electron chi connectivity index (χ0n) is 16.3. The second-order valence-corrected chi connectivity index (χ2v) is 12.1. The zero-order chi connectivity index (χ0) is 19.0. The van der Waals surface area contributed by atoms with Crippen LogP contribution in [0.25, 0.3) is 0 Å². The summed E-state index contributed by atoms with van der Waals surface area (Å²) < 4.78 is 6.80. The molecule has 0 saturated carbocycles. The fraction of sp³-hybridized carbons (Fsp3) is 0.391. The lowest BCUT2D eigenvalue weighted by Gasteiger charge is -2.43. The fourth-order valence-electron chi connectivity index (χ4n) is 3.62. The molecule has 0 bridgehead atoms. The number of hydrogen-bond acceptors (Lipinski definition) is 2. The molecular weight excluding hydrogens is 336 g/mol. The van der Waals surface area contributed by atoms with Gasteiger partial charge in [0.1, 0.15) is 0 Å². The van der Waals surface area contributed by atoms with E-state index < -0.39 is 8.32 Å². The van der Waals surface area contributed by atoms with Gasteiger partial charge < -0.3 is 9.53 Å². The first-order valence-electron chi connectivity index (χ1n) is 9.46. The van der Waals surface area contributed by atoms with Gasteiger partial charge in [-0.2, -0.15) is 0 Å². The van der Waals surface area contributed by atoms with Gasteiger partial charge in [0.2, 0.25) is 0 Å². The Hall–Kier alpha value is -1.68. The zero-order valence-corrected chi connectivity index (χ0v) is 17.3. The predicted octanol–water partition coefficient (Wildman–Crippen LogP) is 4.28. The van der Waals surface area contributed by atoms with Crippen molar-refractivity contribution in [3.63, 3.8) is 0 Å². The molecule has 3 heteroatoms. The highest BCUT2D eigenvalue weighted by Gasteiger charge is 2.49. The van der Waals surface area contributed by atoms with Crippen molar-refractivity contribution in [2.24, 2.45) is 0 Å². The van der Waals surface area contributed by atoms with E-state index in [0.717, 1.165) is 12.8 Å². The minimum Gasteiger partial charge on any atom is -0.407 e. The molecule has 140 valence electrons. The van der Waals surface area contributed by atoms with Crippen LogP contribution >= 0.6 is 0 Å². The van der Waals surface area contributed by atoms with Crippen molar-refractivity contribution < 1.29 is 9.53 Å². The van der Waals surface area contributed by atoms with E-state index in [4.69, 9.17) is 4.43 Å². The Labute approximate surface area is 159 Å². The van der Waals surface area contributed by atoms with Gasteiger partial charge in [0, 0.05) is 6.61 Å². The van der Waals surface area contributed by atoms with E-state index in [-0.39, 0.29) is 11.1 Å². The maximum Gasteiger partial charge on any atom is 0.261 e. The van der Waals surface area contributed by atoms with Crippen molar-refractivity contribution >= 4 is 18.7 Å². The first-order chi connectivity index (χ1) is 12.4. The maximum atomic E-state index is 9.96. The number of aliphatic hydroxyl groups is 1. The molecule has 0 aliphatic heterocycles. The van der Waals surface area contributed by atoms with Gasteiger partial charge in [0.05, 0.1) is 6.10 Å². The van der Waals surface area contributed by atoms with Crippen molar-refractivity contribution in [1.29, 1.82) is 0 Å². The third kappa shape index (κ3) is 4.73. The summed E-state index contributed by atoms with van der Waals surface area (Å²) in [6.07, 6.45) is 3.67. The average Bonchev–Trinajstić information content (AvgIpc) is 2.62. The highest BCUT2D eigenvalue weighted by atomic mass is 28.4. The molecular formula is C23H32O2Si. The molecule has 0 aliphatic rings. The molecule has 2 aromatic rings. The van der Waals surface area contributed by atoms with Gasteiger partial charge in [-0.25, -0.2) is 0 Å². The van der Waals surface area contributed by atoms with Crippen molar-refractivity contribution in [3.05, 3.63) is 73.3 Å². The summed E-state index contributed by atoms with van der Waals surface area (Å²) in [5, 5.41) is 12.5. The van der Waals surface area contributed by atoms with Gasteiger partial charge in [0.25, 0.3) is 8.32 Å². The van der Waals surface area contributed by atoms with E-state index in [1.165, 1.54) is 10.4 Å². The van der Waals surface area contributed by atoms with Gasteiger partial charge in [-0.05, 0) is 34.7 Å². The Balaban J connectivity index is 2.33. The summed E-state index contributed by atoms with van der Waals surface area (Å²) in [5.41, 5.74) is 0. The summed E-state index contributed by atoms with van der Waals surface area (Å²) in [4.78, 5) is 0. The van der Waals surface area contributed by atoms with E-state index in [9.17, 15) is 5.11 Å². The van der Waals surface area contributed by atoms with Crippen molar-refractivity contribution in [2.45, 2.75) is 51.2 Å². The van der Waals surface area contributed by atoms with E-state index >= 15 is 0 Å². The molecule has 0 fully saturated rings. The topological polar surface area (TPSA) is 29.5 Å². The van der Waals surface area contributed by atoms with Crippen LogP contribution in [-0.4, -0.2) is 26.1 Å². The summed E-state index contributed by atoms with van der Waals surface area (Å²) in [6, 6.07) is 21.3. The van der Waals surface area contributed by atoms with Crippen LogP contribution < -0.4 is 10.4 Å².